The highest BCUT2D eigenvalue weighted by atomic mass is 16.6. The smallest absolute Gasteiger partial charge is 0.292 e. The van der Waals surface area contributed by atoms with Crippen molar-refractivity contribution in [3.8, 4) is 0 Å². The molecule has 1 aliphatic rings. The van der Waals surface area contributed by atoms with E-state index in [0.717, 1.165) is 19.3 Å². The lowest BCUT2D eigenvalue weighted by Crippen LogP contribution is -2.44. The Morgan fingerprint density at radius 1 is 1.44 bits per heavy atom. The first kappa shape index (κ1) is 10.9. The SMILES string of the molecule is CCC1(Nc2ccccc2[N+](=O)[O-])CCC1. The van der Waals surface area contributed by atoms with E-state index in [1.807, 2.05) is 6.07 Å². The third-order valence-electron chi connectivity index (χ3n) is 3.49. The maximum Gasteiger partial charge on any atom is 0.292 e. The molecule has 1 aromatic carbocycles. The topological polar surface area (TPSA) is 55.2 Å². The van der Waals surface area contributed by atoms with Gasteiger partial charge in [0.15, 0.2) is 0 Å². The Labute approximate surface area is 94.8 Å². The maximum absolute atomic E-state index is 10.9. The van der Waals surface area contributed by atoms with Crippen LogP contribution in [0.2, 0.25) is 0 Å². The molecule has 0 spiro atoms. The third kappa shape index (κ3) is 1.87. The molecule has 0 bridgehead atoms. The molecule has 1 fully saturated rings. The Morgan fingerprint density at radius 2 is 2.12 bits per heavy atom. The van der Waals surface area contributed by atoms with Crippen LogP contribution < -0.4 is 5.32 Å². The fraction of sp³-hybridized carbons (Fsp3) is 0.500. The Kier molecular flexibility index (Phi) is 2.81. The second-order valence-electron chi connectivity index (χ2n) is 4.39. The molecular weight excluding hydrogens is 204 g/mol. The summed E-state index contributed by atoms with van der Waals surface area (Å²) in [5.41, 5.74) is 0.905. The Balaban J connectivity index is 2.23. The first-order valence-corrected chi connectivity index (χ1v) is 5.68. The highest BCUT2D eigenvalue weighted by Gasteiger charge is 2.36. The van der Waals surface area contributed by atoms with E-state index >= 15 is 0 Å². The van der Waals surface area contributed by atoms with E-state index in [9.17, 15) is 10.1 Å². The minimum Gasteiger partial charge on any atom is -0.374 e. The number of benzene rings is 1. The molecule has 2 rings (SSSR count). The van der Waals surface area contributed by atoms with E-state index in [4.69, 9.17) is 0 Å². The lowest BCUT2D eigenvalue weighted by Gasteiger charge is -2.42. The largest absolute Gasteiger partial charge is 0.374 e. The molecule has 0 aromatic heterocycles. The first-order chi connectivity index (χ1) is 7.67. The molecule has 0 saturated heterocycles. The minimum atomic E-state index is -0.329. The lowest BCUT2D eigenvalue weighted by molar-refractivity contribution is -0.384. The zero-order chi connectivity index (χ0) is 11.6. The molecule has 1 N–H and O–H groups in total. The number of nitro benzene ring substituents is 1. The molecule has 1 aliphatic carbocycles. The number of nitrogens with one attached hydrogen (secondary N) is 1. The van der Waals surface area contributed by atoms with Crippen molar-refractivity contribution >= 4 is 11.4 Å². The Hall–Kier alpha value is -1.58. The minimum absolute atomic E-state index is 0.0894. The second kappa shape index (κ2) is 4.12. The Morgan fingerprint density at radius 3 is 2.62 bits per heavy atom. The molecule has 4 nitrogen and oxygen atoms in total. The van der Waals surface area contributed by atoms with Crippen molar-refractivity contribution in [1.29, 1.82) is 0 Å². The van der Waals surface area contributed by atoms with Gasteiger partial charge in [-0.3, -0.25) is 10.1 Å². The van der Waals surface area contributed by atoms with Crippen LogP contribution in [0.1, 0.15) is 32.6 Å². The van der Waals surface area contributed by atoms with Crippen LogP contribution in [0.3, 0.4) is 0 Å². The molecule has 1 aromatic rings. The first-order valence-electron chi connectivity index (χ1n) is 5.68. The van der Waals surface area contributed by atoms with Gasteiger partial charge >= 0.3 is 0 Å². The van der Waals surface area contributed by atoms with Crippen LogP contribution in [0.4, 0.5) is 11.4 Å². The van der Waals surface area contributed by atoms with Gasteiger partial charge < -0.3 is 5.32 Å². The fourth-order valence-corrected chi connectivity index (χ4v) is 2.19. The zero-order valence-corrected chi connectivity index (χ0v) is 9.40. The van der Waals surface area contributed by atoms with Gasteiger partial charge in [0.05, 0.1) is 4.92 Å². The van der Waals surface area contributed by atoms with Crippen LogP contribution in [0.5, 0.6) is 0 Å². The molecule has 0 amide bonds. The number of hydrogen-bond acceptors (Lipinski definition) is 3. The maximum atomic E-state index is 10.9. The van der Waals surface area contributed by atoms with E-state index < -0.39 is 0 Å². The van der Waals surface area contributed by atoms with Gasteiger partial charge in [0.1, 0.15) is 5.69 Å². The quantitative estimate of drug-likeness (QED) is 0.625. The molecular formula is C12H16N2O2. The molecule has 0 unspecified atom stereocenters. The van der Waals surface area contributed by atoms with Gasteiger partial charge in [-0.05, 0) is 31.7 Å². The van der Waals surface area contributed by atoms with Crippen LogP contribution in [0, 0.1) is 10.1 Å². The number of rotatable bonds is 4. The van der Waals surface area contributed by atoms with Gasteiger partial charge in [0, 0.05) is 11.6 Å². The van der Waals surface area contributed by atoms with Crippen LogP contribution in [0.15, 0.2) is 24.3 Å². The van der Waals surface area contributed by atoms with E-state index in [-0.39, 0.29) is 16.1 Å². The molecule has 4 heteroatoms. The predicted octanol–water partition coefficient (Wildman–Crippen LogP) is 3.34. The van der Waals surface area contributed by atoms with Crippen molar-refractivity contribution in [2.45, 2.75) is 38.1 Å². The van der Waals surface area contributed by atoms with Crippen LogP contribution >= 0.6 is 0 Å². The van der Waals surface area contributed by atoms with Crippen molar-refractivity contribution in [1.82, 2.24) is 0 Å². The molecule has 0 heterocycles. The molecule has 0 aliphatic heterocycles. The molecule has 0 radical (unpaired) electrons. The molecule has 1 saturated carbocycles. The van der Waals surface area contributed by atoms with Gasteiger partial charge in [-0.1, -0.05) is 19.1 Å². The highest BCUT2D eigenvalue weighted by Crippen LogP contribution is 2.39. The van der Waals surface area contributed by atoms with Gasteiger partial charge in [-0.15, -0.1) is 0 Å². The number of nitrogens with zero attached hydrogens (tertiary/aromatic N) is 1. The van der Waals surface area contributed by atoms with Crippen molar-refractivity contribution < 1.29 is 4.92 Å². The summed E-state index contributed by atoms with van der Waals surface area (Å²) in [7, 11) is 0. The van der Waals surface area contributed by atoms with E-state index in [0.29, 0.717) is 5.69 Å². The van der Waals surface area contributed by atoms with Crippen LogP contribution in [0.25, 0.3) is 0 Å². The zero-order valence-electron chi connectivity index (χ0n) is 9.40. The number of nitro groups is 1. The lowest BCUT2D eigenvalue weighted by atomic mass is 9.74. The standard InChI is InChI=1S/C12H16N2O2/c1-2-12(8-5-9-12)13-10-6-3-4-7-11(10)14(15)16/h3-4,6-7,13H,2,5,8-9H2,1H3. The predicted molar refractivity (Wildman–Crippen MR) is 63.6 cm³/mol. The van der Waals surface area contributed by atoms with Crippen LogP contribution in [-0.2, 0) is 0 Å². The van der Waals surface area contributed by atoms with E-state index in [1.165, 1.54) is 6.42 Å². The van der Waals surface area contributed by atoms with Crippen molar-refractivity contribution in [3.63, 3.8) is 0 Å². The van der Waals surface area contributed by atoms with Crippen LogP contribution in [-0.4, -0.2) is 10.5 Å². The van der Waals surface area contributed by atoms with Crippen molar-refractivity contribution in [2.75, 3.05) is 5.32 Å². The fourth-order valence-electron chi connectivity index (χ4n) is 2.19. The molecule has 16 heavy (non-hydrogen) atoms. The third-order valence-corrected chi connectivity index (χ3v) is 3.49. The number of para-hydroxylation sites is 2. The van der Waals surface area contributed by atoms with Gasteiger partial charge in [0.2, 0.25) is 0 Å². The summed E-state index contributed by atoms with van der Waals surface area (Å²) in [5.74, 6) is 0. The number of hydrogen-bond donors (Lipinski definition) is 1. The summed E-state index contributed by atoms with van der Waals surface area (Å²) >= 11 is 0. The van der Waals surface area contributed by atoms with Crippen molar-refractivity contribution in [2.24, 2.45) is 0 Å². The molecule has 0 atom stereocenters. The summed E-state index contributed by atoms with van der Waals surface area (Å²) in [6.45, 7) is 2.13. The second-order valence-corrected chi connectivity index (χ2v) is 4.39. The average molecular weight is 220 g/mol. The summed E-state index contributed by atoms with van der Waals surface area (Å²) in [5, 5.41) is 14.2. The summed E-state index contributed by atoms with van der Waals surface area (Å²) in [6, 6.07) is 6.86. The van der Waals surface area contributed by atoms with Crippen molar-refractivity contribution in [3.05, 3.63) is 34.4 Å². The summed E-state index contributed by atoms with van der Waals surface area (Å²) < 4.78 is 0. The normalized spacial score (nSPS) is 17.6. The van der Waals surface area contributed by atoms with Gasteiger partial charge in [0.25, 0.3) is 5.69 Å². The van der Waals surface area contributed by atoms with E-state index in [2.05, 4.69) is 12.2 Å². The van der Waals surface area contributed by atoms with Gasteiger partial charge in [-0.25, -0.2) is 0 Å². The average Bonchev–Trinajstić information content (AvgIpc) is 2.24. The van der Waals surface area contributed by atoms with E-state index in [1.54, 1.807) is 18.2 Å². The highest BCUT2D eigenvalue weighted by molar-refractivity contribution is 5.62. The molecule has 86 valence electrons. The number of anilines is 1. The van der Waals surface area contributed by atoms with Gasteiger partial charge in [-0.2, -0.15) is 0 Å². The summed E-state index contributed by atoms with van der Waals surface area (Å²) in [6.07, 6.45) is 4.44. The Bertz CT molecular complexity index is 394. The monoisotopic (exact) mass is 220 g/mol. The summed E-state index contributed by atoms with van der Waals surface area (Å²) in [4.78, 5) is 10.5.